The molecule has 3 N–H and O–H groups in total. The van der Waals surface area contributed by atoms with Crippen molar-refractivity contribution in [1.29, 1.82) is 0 Å². The van der Waals surface area contributed by atoms with Gasteiger partial charge in [-0.05, 0) is 24.8 Å². The number of rotatable bonds is 6. The topological polar surface area (TPSA) is 90.0 Å². The smallest absolute Gasteiger partial charge is 0.267 e. The Balaban J connectivity index is 1.74. The predicted molar refractivity (Wildman–Crippen MR) is 87.6 cm³/mol. The minimum Gasteiger partial charge on any atom is -0.350 e. The van der Waals surface area contributed by atoms with Gasteiger partial charge in [-0.25, -0.2) is 4.68 Å². The standard InChI is InChI=1S/C17H20N4O2/c18-10-15(13-6-7-13)19-16(22)11-21-17(23)9-8-14(20-21)12-4-2-1-3-5-12/h1-5,8-9,13,15H,6-7,10-11,18H2,(H,19,22). The maximum absolute atomic E-state index is 12.1. The number of amides is 1. The van der Waals surface area contributed by atoms with E-state index in [1.807, 2.05) is 30.3 Å². The number of hydrogen-bond donors (Lipinski definition) is 2. The normalized spacial score (nSPS) is 15.2. The highest BCUT2D eigenvalue weighted by atomic mass is 16.2. The van der Waals surface area contributed by atoms with E-state index in [1.165, 1.54) is 10.7 Å². The molecule has 1 amide bonds. The van der Waals surface area contributed by atoms with Gasteiger partial charge >= 0.3 is 0 Å². The van der Waals surface area contributed by atoms with Crippen LogP contribution in [-0.2, 0) is 11.3 Å². The molecule has 3 rings (SSSR count). The van der Waals surface area contributed by atoms with Gasteiger partial charge in [0, 0.05) is 24.2 Å². The zero-order chi connectivity index (χ0) is 16.2. The number of carbonyl (C=O) groups excluding carboxylic acids is 1. The van der Waals surface area contributed by atoms with Gasteiger partial charge in [0.05, 0.1) is 5.69 Å². The number of nitrogens with one attached hydrogen (secondary N) is 1. The number of carbonyl (C=O) groups is 1. The molecule has 1 unspecified atom stereocenters. The molecule has 1 atom stereocenters. The Labute approximate surface area is 134 Å². The molecule has 0 bridgehead atoms. The third-order valence-corrected chi connectivity index (χ3v) is 4.02. The number of benzene rings is 1. The first kappa shape index (κ1) is 15.4. The van der Waals surface area contributed by atoms with Crippen LogP contribution in [0.5, 0.6) is 0 Å². The van der Waals surface area contributed by atoms with E-state index in [0.717, 1.165) is 18.4 Å². The SMILES string of the molecule is NCC(NC(=O)Cn1nc(-c2ccccc2)ccc1=O)C1CC1. The van der Waals surface area contributed by atoms with E-state index in [-0.39, 0.29) is 24.1 Å². The minimum absolute atomic E-state index is 0.00416. The molecule has 1 aromatic carbocycles. The Morgan fingerprint density at radius 2 is 2.00 bits per heavy atom. The van der Waals surface area contributed by atoms with Crippen LogP contribution in [0.3, 0.4) is 0 Å². The first-order chi connectivity index (χ1) is 11.2. The molecule has 0 spiro atoms. The maximum Gasteiger partial charge on any atom is 0.267 e. The minimum atomic E-state index is -0.296. The van der Waals surface area contributed by atoms with E-state index in [9.17, 15) is 9.59 Å². The third-order valence-electron chi connectivity index (χ3n) is 4.02. The number of nitrogens with two attached hydrogens (primary N) is 1. The molecular weight excluding hydrogens is 292 g/mol. The van der Waals surface area contributed by atoms with Crippen LogP contribution >= 0.6 is 0 Å². The van der Waals surface area contributed by atoms with Crippen LogP contribution in [0.4, 0.5) is 0 Å². The second kappa shape index (κ2) is 6.75. The van der Waals surface area contributed by atoms with Crippen molar-refractivity contribution in [3.63, 3.8) is 0 Å². The van der Waals surface area contributed by atoms with Gasteiger partial charge in [-0.15, -0.1) is 0 Å². The van der Waals surface area contributed by atoms with Crippen LogP contribution in [0.15, 0.2) is 47.3 Å². The summed E-state index contributed by atoms with van der Waals surface area (Å²) in [6.45, 7) is 0.325. The maximum atomic E-state index is 12.1. The molecule has 6 heteroatoms. The summed E-state index contributed by atoms with van der Waals surface area (Å²) in [5.41, 5.74) is 6.96. The van der Waals surface area contributed by atoms with Crippen molar-refractivity contribution in [3.05, 3.63) is 52.8 Å². The predicted octanol–water partition coefficient (Wildman–Crippen LogP) is 0.764. The molecule has 1 aromatic heterocycles. The Bertz CT molecular complexity index is 738. The van der Waals surface area contributed by atoms with Crippen molar-refractivity contribution >= 4 is 5.91 Å². The quantitative estimate of drug-likeness (QED) is 0.824. The fraction of sp³-hybridized carbons (Fsp3) is 0.353. The lowest BCUT2D eigenvalue weighted by atomic mass is 10.1. The monoisotopic (exact) mass is 312 g/mol. The van der Waals surface area contributed by atoms with Crippen molar-refractivity contribution < 1.29 is 4.79 Å². The van der Waals surface area contributed by atoms with Crippen LogP contribution in [0.25, 0.3) is 11.3 Å². The highest BCUT2D eigenvalue weighted by Crippen LogP contribution is 2.32. The number of nitrogens with zero attached hydrogens (tertiary/aromatic N) is 2. The van der Waals surface area contributed by atoms with E-state index in [4.69, 9.17) is 5.73 Å². The van der Waals surface area contributed by atoms with Crippen LogP contribution in [0.1, 0.15) is 12.8 Å². The summed E-state index contributed by atoms with van der Waals surface area (Å²) in [4.78, 5) is 24.1. The number of hydrogen-bond acceptors (Lipinski definition) is 4. The summed E-state index contributed by atoms with van der Waals surface area (Å²) in [5.74, 6) is 0.247. The fourth-order valence-electron chi connectivity index (χ4n) is 2.58. The lowest BCUT2D eigenvalue weighted by Crippen LogP contribution is -2.44. The lowest BCUT2D eigenvalue weighted by molar-refractivity contribution is -0.122. The van der Waals surface area contributed by atoms with Gasteiger partial charge < -0.3 is 11.1 Å². The average Bonchev–Trinajstić information content (AvgIpc) is 3.40. The molecule has 6 nitrogen and oxygen atoms in total. The Hall–Kier alpha value is -2.47. The molecule has 23 heavy (non-hydrogen) atoms. The Morgan fingerprint density at radius 3 is 2.65 bits per heavy atom. The summed E-state index contributed by atoms with van der Waals surface area (Å²) >= 11 is 0. The molecule has 0 radical (unpaired) electrons. The molecule has 0 aliphatic heterocycles. The van der Waals surface area contributed by atoms with E-state index in [2.05, 4.69) is 10.4 Å². The van der Waals surface area contributed by atoms with E-state index >= 15 is 0 Å². The van der Waals surface area contributed by atoms with Crippen molar-refractivity contribution in [3.8, 4) is 11.3 Å². The van der Waals surface area contributed by atoms with Crippen molar-refractivity contribution in [2.24, 2.45) is 11.7 Å². The molecule has 1 fully saturated rings. The molecule has 1 saturated carbocycles. The van der Waals surface area contributed by atoms with E-state index in [1.54, 1.807) is 6.07 Å². The third kappa shape index (κ3) is 3.84. The summed E-state index contributed by atoms with van der Waals surface area (Å²) < 4.78 is 1.19. The van der Waals surface area contributed by atoms with Crippen LogP contribution in [-0.4, -0.2) is 28.3 Å². The van der Waals surface area contributed by atoms with Crippen LogP contribution in [0.2, 0.25) is 0 Å². The lowest BCUT2D eigenvalue weighted by Gasteiger charge is -2.16. The summed E-state index contributed by atoms with van der Waals surface area (Å²) in [5, 5.41) is 7.19. The van der Waals surface area contributed by atoms with E-state index < -0.39 is 0 Å². The summed E-state index contributed by atoms with van der Waals surface area (Å²) in [6.07, 6.45) is 2.20. The van der Waals surface area contributed by atoms with E-state index in [0.29, 0.717) is 18.2 Å². The average molecular weight is 312 g/mol. The van der Waals surface area contributed by atoms with Gasteiger partial charge in [-0.3, -0.25) is 9.59 Å². The molecule has 1 aliphatic rings. The van der Waals surface area contributed by atoms with Gasteiger partial charge in [0.2, 0.25) is 5.91 Å². The first-order valence-electron chi connectivity index (χ1n) is 7.80. The fourth-order valence-corrected chi connectivity index (χ4v) is 2.58. The molecule has 2 aromatic rings. The largest absolute Gasteiger partial charge is 0.350 e. The zero-order valence-corrected chi connectivity index (χ0v) is 12.8. The van der Waals surface area contributed by atoms with Gasteiger partial charge in [-0.1, -0.05) is 30.3 Å². The zero-order valence-electron chi connectivity index (χ0n) is 12.8. The van der Waals surface area contributed by atoms with Crippen LogP contribution < -0.4 is 16.6 Å². The molecule has 0 saturated heterocycles. The van der Waals surface area contributed by atoms with Gasteiger partial charge in [0.1, 0.15) is 6.54 Å². The Kier molecular flexibility index (Phi) is 4.52. The van der Waals surface area contributed by atoms with Gasteiger partial charge in [-0.2, -0.15) is 5.10 Å². The molecule has 1 heterocycles. The van der Waals surface area contributed by atoms with Gasteiger partial charge in [0.25, 0.3) is 5.56 Å². The highest BCUT2D eigenvalue weighted by molar-refractivity contribution is 5.76. The van der Waals surface area contributed by atoms with Crippen LogP contribution in [0, 0.1) is 5.92 Å². The molecular formula is C17H20N4O2. The second-order valence-corrected chi connectivity index (χ2v) is 5.83. The van der Waals surface area contributed by atoms with Crippen molar-refractivity contribution in [2.45, 2.75) is 25.4 Å². The summed E-state index contributed by atoms with van der Waals surface area (Å²) in [6, 6.07) is 12.6. The second-order valence-electron chi connectivity index (χ2n) is 5.83. The molecule has 1 aliphatic carbocycles. The first-order valence-corrected chi connectivity index (χ1v) is 7.80. The van der Waals surface area contributed by atoms with Crippen molar-refractivity contribution in [2.75, 3.05) is 6.54 Å². The van der Waals surface area contributed by atoms with Gasteiger partial charge in [0.15, 0.2) is 0 Å². The number of aromatic nitrogens is 2. The highest BCUT2D eigenvalue weighted by Gasteiger charge is 2.31. The Morgan fingerprint density at radius 1 is 1.26 bits per heavy atom. The van der Waals surface area contributed by atoms with Crippen molar-refractivity contribution in [1.82, 2.24) is 15.1 Å². The summed E-state index contributed by atoms with van der Waals surface area (Å²) in [7, 11) is 0. The molecule has 120 valence electrons.